The lowest BCUT2D eigenvalue weighted by atomic mass is 10.0. The van der Waals surface area contributed by atoms with Gasteiger partial charge in [0.2, 0.25) is 5.91 Å². The van der Waals surface area contributed by atoms with Crippen molar-refractivity contribution in [3.05, 3.63) is 58.1 Å². The zero-order chi connectivity index (χ0) is 24.1. The minimum Gasteiger partial charge on any atom is -0.489 e. The minimum absolute atomic E-state index is 0.0119. The molecule has 2 unspecified atom stereocenters. The van der Waals surface area contributed by atoms with E-state index in [4.69, 9.17) is 27.9 Å². The Hall–Kier alpha value is -1.95. The third-order valence-electron chi connectivity index (χ3n) is 6.62. The van der Waals surface area contributed by atoms with E-state index in [1.165, 1.54) is 12.8 Å². The first-order valence-corrected chi connectivity index (χ1v) is 13.1. The number of anilines is 1. The number of ether oxygens (including phenoxy) is 1. The van der Waals surface area contributed by atoms with Gasteiger partial charge < -0.3 is 19.9 Å². The van der Waals surface area contributed by atoms with Gasteiger partial charge in [0.05, 0.1) is 17.0 Å². The number of rotatable bonds is 9. The van der Waals surface area contributed by atoms with Gasteiger partial charge in [0, 0.05) is 36.4 Å². The van der Waals surface area contributed by atoms with Crippen LogP contribution in [-0.4, -0.2) is 55.7 Å². The Balaban J connectivity index is 1.40. The van der Waals surface area contributed by atoms with E-state index in [1.54, 1.807) is 0 Å². The van der Waals surface area contributed by atoms with Crippen LogP contribution in [0.15, 0.2) is 42.5 Å². The van der Waals surface area contributed by atoms with Crippen LogP contribution in [0.5, 0.6) is 5.75 Å². The van der Waals surface area contributed by atoms with E-state index < -0.39 is 0 Å². The highest BCUT2D eigenvalue weighted by molar-refractivity contribution is 6.32. The number of hydrogen-bond donors (Lipinski definition) is 1. The van der Waals surface area contributed by atoms with Gasteiger partial charge >= 0.3 is 0 Å². The molecular formula is C27H35Cl2N3O2. The smallest absolute Gasteiger partial charge is 0.225 e. The molecule has 0 aromatic heterocycles. The predicted molar refractivity (Wildman–Crippen MR) is 140 cm³/mol. The second-order valence-electron chi connectivity index (χ2n) is 9.76. The van der Waals surface area contributed by atoms with Gasteiger partial charge in [-0.15, -0.1) is 0 Å². The average molecular weight is 505 g/mol. The summed E-state index contributed by atoms with van der Waals surface area (Å²) in [7, 11) is 0. The zero-order valence-corrected chi connectivity index (χ0v) is 21.6. The summed E-state index contributed by atoms with van der Waals surface area (Å²) < 4.78 is 5.78. The van der Waals surface area contributed by atoms with E-state index >= 15 is 0 Å². The highest BCUT2D eigenvalue weighted by atomic mass is 35.5. The third kappa shape index (κ3) is 6.80. The molecule has 2 aromatic rings. The van der Waals surface area contributed by atoms with Crippen LogP contribution in [0.3, 0.4) is 0 Å². The van der Waals surface area contributed by atoms with Crippen LogP contribution in [0.25, 0.3) is 0 Å². The van der Waals surface area contributed by atoms with Crippen molar-refractivity contribution >= 4 is 34.8 Å². The fourth-order valence-electron chi connectivity index (χ4n) is 4.92. The van der Waals surface area contributed by atoms with Gasteiger partial charge in [-0.3, -0.25) is 4.79 Å². The average Bonchev–Trinajstić information content (AvgIpc) is 3.48. The Bertz CT molecular complexity index is 961. The molecule has 2 aliphatic heterocycles. The summed E-state index contributed by atoms with van der Waals surface area (Å²) in [6.45, 7) is 8.65. The van der Waals surface area contributed by atoms with Crippen LogP contribution in [0.2, 0.25) is 10.0 Å². The lowest BCUT2D eigenvalue weighted by Gasteiger charge is -2.26. The molecule has 2 fully saturated rings. The van der Waals surface area contributed by atoms with Crippen molar-refractivity contribution in [3.8, 4) is 5.75 Å². The minimum atomic E-state index is -0.0119. The predicted octanol–water partition coefficient (Wildman–Crippen LogP) is 5.43. The Morgan fingerprint density at radius 1 is 1.09 bits per heavy atom. The monoisotopic (exact) mass is 503 g/mol. The molecule has 2 aliphatic rings. The molecule has 5 nitrogen and oxygen atoms in total. The molecule has 2 atom stereocenters. The fraction of sp³-hybridized carbons (Fsp3) is 0.519. The maximum atomic E-state index is 13.3. The first kappa shape index (κ1) is 25.2. The van der Waals surface area contributed by atoms with Crippen molar-refractivity contribution in [3.63, 3.8) is 0 Å². The van der Waals surface area contributed by atoms with Crippen LogP contribution in [-0.2, 0) is 11.2 Å². The molecule has 2 saturated heterocycles. The Labute approximate surface area is 213 Å². The number of carbonyl (C=O) groups is 1. The van der Waals surface area contributed by atoms with Gasteiger partial charge in [-0.25, -0.2) is 0 Å². The molecule has 0 spiro atoms. The number of carbonyl (C=O) groups excluding carboxylic acids is 1. The van der Waals surface area contributed by atoms with Crippen LogP contribution < -0.4 is 15.0 Å². The highest BCUT2D eigenvalue weighted by Gasteiger charge is 2.30. The Morgan fingerprint density at radius 2 is 1.82 bits per heavy atom. The summed E-state index contributed by atoms with van der Waals surface area (Å²) >= 11 is 12.5. The molecular weight excluding hydrogens is 469 g/mol. The summed E-state index contributed by atoms with van der Waals surface area (Å²) in [5, 5.41) is 4.72. The largest absolute Gasteiger partial charge is 0.489 e. The number of amides is 1. The van der Waals surface area contributed by atoms with E-state index in [9.17, 15) is 4.79 Å². The SMILES string of the molecule is CC(C)Oc1ccc(CC(CN2CCCC2)NC(=O)C2CCN(c3ccc(Cl)cc3)C2)cc1Cl. The number of nitrogens with one attached hydrogen (secondary N) is 1. The second-order valence-corrected chi connectivity index (χ2v) is 10.6. The summed E-state index contributed by atoms with van der Waals surface area (Å²) in [6.07, 6.45) is 4.14. The number of halogens is 2. The number of nitrogens with zero attached hydrogens (tertiary/aromatic N) is 2. The van der Waals surface area contributed by atoms with Gasteiger partial charge in [0.15, 0.2) is 0 Å². The summed E-state index contributed by atoms with van der Waals surface area (Å²) in [4.78, 5) is 18.0. The van der Waals surface area contributed by atoms with Gasteiger partial charge in [-0.1, -0.05) is 29.3 Å². The number of hydrogen-bond acceptors (Lipinski definition) is 4. The molecule has 1 amide bonds. The van der Waals surface area contributed by atoms with Crippen LogP contribution in [0.1, 0.15) is 38.7 Å². The number of benzene rings is 2. The van der Waals surface area contributed by atoms with Crippen LogP contribution >= 0.6 is 23.2 Å². The second kappa shape index (κ2) is 11.7. The van der Waals surface area contributed by atoms with Crippen molar-refractivity contribution in [2.75, 3.05) is 37.6 Å². The normalized spacial score (nSPS) is 19.6. The highest BCUT2D eigenvalue weighted by Crippen LogP contribution is 2.28. The molecule has 2 aromatic carbocycles. The van der Waals surface area contributed by atoms with Crippen molar-refractivity contribution in [2.24, 2.45) is 5.92 Å². The molecule has 34 heavy (non-hydrogen) atoms. The maximum absolute atomic E-state index is 13.3. The van der Waals surface area contributed by atoms with Crippen molar-refractivity contribution in [1.82, 2.24) is 10.2 Å². The van der Waals surface area contributed by atoms with E-state index in [2.05, 4.69) is 21.2 Å². The molecule has 0 radical (unpaired) electrons. The Morgan fingerprint density at radius 3 is 2.50 bits per heavy atom. The molecule has 0 aliphatic carbocycles. The topological polar surface area (TPSA) is 44.8 Å². The first-order chi connectivity index (χ1) is 16.4. The van der Waals surface area contributed by atoms with Crippen LogP contribution in [0, 0.1) is 5.92 Å². The summed E-state index contributed by atoms with van der Waals surface area (Å²) in [6, 6.07) is 13.9. The van der Waals surface area contributed by atoms with Crippen molar-refractivity contribution in [2.45, 2.75) is 51.7 Å². The fourth-order valence-corrected chi connectivity index (χ4v) is 5.30. The lowest BCUT2D eigenvalue weighted by molar-refractivity contribution is -0.125. The standard InChI is InChI=1S/C27H35Cl2N3O2/c1-19(2)34-26-10-5-20(16-25(26)29)15-23(18-31-12-3-4-13-31)30-27(33)21-11-14-32(17-21)24-8-6-22(28)7-9-24/h5-10,16,19,21,23H,3-4,11-15,17-18H2,1-2H3,(H,30,33). The maximum Gasteiger partial charge on any atom is 0.225 e. The van der Waals surface area contributed by atoms with Crippen molar-refractivity contribution < 1.29 is 9.53 Å². The molecule has 184 valence electrons. The van der Waals surface area contributed by atoms with Crippen LogP contribution in [0.4, 0.5) is 5.69 Å². The van der Waals surface area contributed by atoms with Gasteiger partial charge in [-0.2, -0.15) is 0 Å². The molecule has 2 heterocycles. The molecule has 4 rings (SSSR count). The molecule has 0 saturated carbocycles. The third-order valence-corrected chi connectivity index (χ3v) is 7.16. The molecule has 0 bridgehead atoms. The summed E-state index contributed by atoms with van der Waals surface area (Å²) in [5.74, 6) is 0.836. The number of likely N-dealkylation sites (tertiary alicyclic amines) is 1. The first-order valence-electron chi connectivity index (χ1n) is 12.4. The van der Waals surface area contributed by atoms with E-state index in [0.29, 0.717) is 10.8 Å². The molecule has 7 heteroatoms. The summed E-state index contributed by atoms with van der Waals surface area (Å²) in [5.41, 5.74) is 2.23. The van der Waals surface area contributed by atoms with Crippen molar-refractivity contribution in [1.29, 1.82) is 0 Å². The lowest BCUT2D eigenvalue weighted by Crippen LogP contribution is -2.46. The van der Waals surface area contributed by atoms with E-state index in [-0.39, 0.29) is 24.0 Å². The van der Waals surface area contributed by atoms with E-state index in [1.807, 2.05) is 50.2 Å². The van der Waals surface area contributed by atoms with Gasteiger partial charge in [0.25, 0.3) is 0 Å². The Kier molecular flexibility index (Phi) is 8.62. The molecule has 1 N–H and O–H groups in total. The quantitative estimate of drug-likeness (QED) is 0.495. The zero-order valence-electron chi connectivity index (χ0n) is 20.1. The van der Waals surface area contributed by atoms with E-state index in [0.717, 1.165) is 61.8 Å². The van der Waals surface area contributed by atoms with Gasteiger partial charge in [-0.05, 0) is 94.6 Å². The van der Waals surface area contributed by atoms with Gasteiger partial charge in [0.1, 0.15) is 5.75 Å².